The van der Waals surface area contributed by atoms with E-state index >= 15 is 0 Å². The van der Waals surface area contributed by atoms with Gasteiger partial charge in [-0.2, -0.15) is 0 Å². The van der Waals surface area contributed by atoms with Crippen LogP contribution in [-0.4, -0.2) is 54.7 Å². The van der Waals surface area contributed by atoms with Gasteiger partial charge in [0.2, 0.25) is 12.7 Å². The maximum atomic E-state index is 13.2. The molecule has 0 radical (unpaired) electrons. The fourth-order valence-corrected chi connectivity index (χ4v) is 4.37. The lowest BCUT2D eigenvalue weighted by molar-refractivity contribution is -0.125. The van der Waals surface area contributed by atoms with Crippen LogP contribution >= 0.6 is 0 Å². The number of nitrogens with zero attached hydrogens (tertiary/aromatic N) is 1. The van der Waals surface area contributed by atoms with E-state index in [0.717, 1.165) is 17.7 Å². The van der Waals surface area contributed by atoms with E-state index in [1.54, 1.807) is 23.1 Å². The summed E-state index contributed by atoms with van der Waals surface area (Å²) in [4.78, 5) is 40.8. The Bertz CT molecular complexity index is 1100. The first-order valence-corrected chi connectivity index (χ1v) is 12.5. The maximum absolute atomic E-state index is 13.2. The third kappa shape index (κ3) is 6.08. The first-order valence-electron chi connectivity index (χ1n) is 12.5. The molecule has 4 rings (SSSR count). The van der Waals surface area contributed by atoms with E-state index in [4.69, 9.17) is 9.47 Å². The van der Waals surface area contributed by atoms with Gasteiger partial charge in [0, 0.05) is 30.4 Å². The number of ether oxygens (including phenoxy) is 2. The highest BCUT2D eigenvalue weighted by Crippen LogP contribution is 2.32. The molecule has 2 aliphatic heterocycles. The van der Waals surface area contributed by atoms with Crippen LogP contribution in [0, 0.1) is 12.8 Å². The van der Waals surface area contributed by atoms with Crippen LogP contribution in [0.15, 0.2) is 42.5 Å². The van der Waals surface area contributed by atoms with Gasteiger partial charge in [0.15, 0.2) is 11.5 Å². The number of piperidine rings is 1. The zero-order valence-corrected chi connectivity index (χ0v) is 21.0. The number of urea groups is 1. The van der Waals surface area contributed by atoms with Crippen molar-refractivity contribution in [3.05, 3.63) is 53.6 Å². The molecule has 2 aromatic carbocycles. The summed E-state index contributed by atoms with van der Waals surface area (Å²) in [7, 11) is 0. The summed E-state index contributed by atoms with van der Waals surface area (Å²) in [6.45, 7) is 7.04. The molecule has 2 atom stereocenters. The Morgan fingerprint density at radius 3 is 2.39 bits per heavy atom. The predicted molar refractivity (Wildman–Crippen MR) is 136 cm³/mol. The summed E-state index contributed by atoms with van der Waals surface area (Å²) in [6.07, 6.45) is 1.98. The number of nitrogens with one attached hydrogen (secondary N) is 3. The highest BCUT2D eigenvalue weighted by atomic mass is 16.7. The van der Waals surface area contributed by atoms with Gasteiger partial charge in [-0.15, -0.1) is 0 Å². The van der Waals surface area contributed by atoms with Gasteiger partial charge < -0.3 is 30.3 Å². The van der Waals surface area contributed by atoms with Gasteiger partial charge in [-0.3, -0.25) is 9.59 Å². The smallest absolute Gasteiger partial charge is 0.321 e. The minimum atomic E-state index is -0.709. The summed E-state index contributed by atoms with van der Waals surface area (Å²) >= 11 is 0. The largest absolute Gasteiger partial charge is 0.454 e. The number of hydrogen-bond donors (Lipinski definition) is 3. The Balaban J connectivity index is 1.40. The molecule has 4 amide bonds. The molecule has 192 valence electrons. The summed E-state index contributed by atoms with van der Waals surface area (Å²) in [6, 6.07) is 11.7. The number of benzene rings is 2. The average molecular weight is 495 g/mol. The van der Waals surface area contributed by atoms with Gasteiger partial charge in [-0.05, 0) is 69.4 Å². The van der Waals surface area contributed by atoms with Crippen molar-refractivity contribution in [3.63, 3.8) is 0 Å². The van der Waals surface area contributed by atoms with Crippen molar-refractivity contribution in [3.8, 4) is 11.5 Å². The standard InChI is InChI=1S/C27H34N4O5/c1-4-18(3)28-26(33)24(30-25(32)20-7-10-22-23(15-20)36-16-35-22)19-11-13-31(14-12-19)27(34)29-21-8-5-17(2)6-9-21/h5-10,15,18-19,24H,4,11-14,16H2,1-3H3,(H,28,33)(H,29,34)(H,30,32)/t18-,24+/m0/s1. The fourth-order valence-electron chi connectivity index (χ4n) is 4.37. The second-order valence-electron chi connectivity index (χ2n) is 9.46. The molecule has 0 aromatic heterocycles. The lowest BCUT2D eigenvalue weighted by Crippen LogP contribution is -2.55. The van der Waals surface area contributed by atoms with E-state index in [0.29, 0.717) is 43.0 Å². The van der Waals surface area contributed by atoms with Crippen molar-refractivity contribution in [2.45, 2.75) is 52.1 Å². The third-order valence-electron chi connectivity index (χ3n) is 6.81. The molecule has 1 fully saturated rings. The summed E-state index contributed by atoms with van der Waals surface area (Å²) in [5.74, 6) is 0.443. The summed E-state index contributed by atoms with van der Waals surface area (Å²) in [5, 5.41) is 8.88. The second-order valence-corrected chi connectivity index (χ2v) is 9.46. The number of carbonyl (C=O) groups excluding carboxylic acids is 3. The summed E-state index contributed by atoms with van der Waals surface area (Å²) < 4.78 is 10.7. The number of carbonyl (C=O) groups is 3. The van der Waals surface area contributed by atoms with Crippen molar-refractivity contribution in [1.82, 2.24) is 15.5 Å². The Morgan fingerprint density at radius 2 is 1.69 bits per heavy atom. The van der Waals surface area contributed by atoms with Crippen LogP contribution in [0.5, 0.6) is 11.5 Å². The number of rotatable bonds is 7. The van der Waals surface area contributed by atoms with Gasteiger partial charge in [0.1, 0.15) is 6.04 Å². The number of hydrogen-bond acceptors (Lipinski definition) is 5. The molecule has 0 aliphatic carbocycles. The molecule has 1 saturated heterocycles. The van der Waals surface area contributed by atoms with Crippen molar-refractivity contribution < 1.29 is 23.9 Å². The Kier molecular flexibility index (Phi) is 7.97. The van der Waals surface area contributed by atoms with Crippen molar-refractivity contribution in [2.24, 2.45) is 5.92 Å². The molecule has 3 N–H and O–H groups in total. The molecular formula is C27H34N4O5. The molecule has 2 heterocycles. The molecule has 0 saturated carbocycles. The average Bonchev–Trinajstić information content (AvgIpc) is 3.36. The van der Waals surface area contributed by atoms with Crippen molar-refractivity contribution in [1.29, 1.82) is 0 Å². The van der Waals surface area contributed by atoms with E-state index in [2.05, 4.69) is 16.0 Å². The zero-order chi connectivity index (χ0) is 25.7. The van der Waals surface area contributed by atoms with Crippen LogP contribution in [0.4, 0.5) is 10.5 Å². The minimum Gasteiger partial charge on any atom is -0.454 e. The van der Waals surface area contributed by atoms with E-state index < -0.39 is 6.04 Å². The number of amides is 4. The van der Waals surface area contributed by atoms with Gasteiger partial charge in [0.05, 0.1) is 0 Å². The van der Waals surface area contributed by atoms with Gasteiger partial charge >= 0.3 is 6.03 Å². The van der Waals surface area contributed by atoms with Crippen LogP contribution in [0.1, 0.15) is 49.0 Å². The molecule has 36 heavy (non-hydrogen) atoms. The number of likely N-dealkylation sites (tertiary alicyclic amines) is 1. The molecule has 0 spiro atoms. The van der Waals surface area contributed by atoms with Crippen LogP contribution in [0.3, 0.4) is 0 Å². The quantitative estimate of drug-likeness (QED) is 0.544. The highest BCUT2D eigenvalue weighted by Gasteiger charge is 2.34. The van der Waals surface area contributed by atoms with Crippen molar-refractivity contribution in [2.75, 3.05) is 25.2 Å². The van der Waals surface area contributed by atoms with Gasteiger partial charge in [-0.1, -0.05) is 24.6 Å². The molecule has 9 heteroatoms. The molecular weight excluding hydrogens is 460 g/mol. The molecule has 2 aromatic rings. The van der Waals surface area contributed by atoms with Crippen LogP contribution < -0.4 is 25.4 Å². The van der Waals surface area contributed by atoms with E-state index in [1.165, 1.54) is 0 Å². The van der Waals surface area contributed by atoms with Crippen LogP contribution in [0.2, 0.25) is 0 Å². The topological polar surface area (TPSA) is 109 Å². The monoisotopic (exact) mass is 494 g/mol. The first kappa shape index (κ1) is 25.3. The molecule has 2 aliphatic rings. The van der Waals surface area contributed by atoms with Gasteiger partial charge in [-0.25, -0.2) is 4.79 Å². The van der Waals surface area contributed by atoms with Gasteiger partial charge in [0.25, 0.3) is 5.91 Å². The second kappa shape index (κ2) is 11.3. The fraction of sp³-hybridized carbons (Fsp3) is 0.444. The zero-order valence-electron chi connectivity index (χ0n) is 21.0. The number of aryl methyl sites for hydroxylation is 1. The Hall–Kier alpha value is -3.75. The number of fused-ring (bicyclic) bond motifs is 1. The molecule has 0 unspecified atom stereocenters. The minimum absolute atomic E-state index is 0.0113. The number of anilines is 1. The third-order valence-corrected chi connectivity index (χ3v) is 6.81. The maximum Gasteiger partial charge on any atom is 0.321 e. The van der Waals surface area contributed by atoms with E-state index in [-0.39, 0.29) is 36.6 Å². The Labute approximate surface area is 211 Å². The predicted octanol–water partition coefficient (Wildman–Crippen LogP) is 3.68. The molecule has 0 bridgehead atoms. The van der Waals surface area contributed by atoms with Crippen LogP contribution in [0.25, 0.3) is 0 Å². The molecule has 9 nitrogen and oxygen atoms in total. The normalized spacial score (nSPS) is 16.7. The highest BCUT2D eigenvalue weighted by molar-refractivity contribution is 5.98. The lowest BCUT2D eigenvalue weighted by atomic mass is 9.88. The van der Waals surface area contributed by atoms with E-state index in [9.17, 15) is 14.4 Å². The van der Waals surface area contributed by atoms with Crippen LogP contribution in [-0.2, 0) is 4.79 Å². The first-order chi connectivity index (χ1) is 17.3. The summed E-state index contributed by atoms with van der Waals surface area (Å²) in [5.41, 5.74) is 2.27. The lowest BCUT2D eigenvalue weighted by Gasteiger charge is -2.36. The van der Waals surface area contributed by atoms with E-state index in [1.807, 2.05) is 45.0 Å². The SMILES string of the molecule is CC[C@H](C)NC(=O)[C@H](NC(=O)c1ccc2c(c1)OCO2)C1CCN(C(=O)Nc2ccc(C)cc2)CC1. The Morgan fingerprint density at radius 1 is 1.00 bits per heavy atom. The van der Waals surface area contributed by atoms with Crippen molar-refractivity contribution >= 4 is 23.5 Å².